The van der Waals surface area contributed by atoms with Gasteiger partial charge in [-0.15, -0.1) is 11.3 Å². The van der Waals surface area contributed by atoms with Gasteiger partial charge in [0, 0.05) is 35.5 Å². The van der Waals surface area contributed by atoms with Crippen molar-refractivity contribution in [3.05, 3.63) is 40.7 Å². The quantitative estimate of drug-likeness (QED) is 0.392. The average molecular weight is 576 g/mol. The number of rotatable bonds is 9. The number of aromatic nitrogens is 1. The van der Waals surface area contributed by atoms with Crippen molar-refractivity contribution in [1.82, 2.24) is 25.8 Å². The Hall–Kier alpha value is -3.60. The second kappa shape index (κ2) is 10.0. The van der Waals surface area contributed by atoms with Gasteiger partial charge in [0.05, 0.1) is 11.7 Å². The third kappa shape index (κ3) is 4.83. The highest BCUT2D eigenvalue weighted by atomic mass is 32.1. The van der Waals surface area contributed by atoms with Gasteiger partial charge in [-0.2, -0.15) is 0 Å². The van der Waals surface area contributed by atoms with Gasteiger partial charge in [-0.1, -0.05) is 30.3 Å². The van der Waals surface area contributed by atoms with Gasteiger partial charge >= 0.3 is 0 Å². The second-order valence-corrected chi connectivity index (χ2v) is 13.2. The molecule has 1 spiro atoms. The van der Waals surface area contributed by atoms with Crippen LogP contribution in [0.15, 0.2) is 35.7 Å². The van der Waals surface area contributed by atoms with Crippen LogP contribution in [-0.2, 0) is 19.2 Å². The maximum absolute atomic E-state index is 14.0. The second-order valence-electron chi connectivity index (χ2n) is 12.3. The van der Waals surface area contributed by atoms with E-state index in [1.807, 2.05) is 35.7 Å². The van der Waals surface area contributed by atoms with Crippen molar-refractivity contribution < 1.29 is 24.0 Å². The van der Waals surface area contributed by atoms with Crippen molar-refractivity contribution in [1.29, 1.82) is 0 Å². The average Bonchev–Trinajstić information content (AvgIpc) is 3.71. The molecule has 2 saturated heterocycles. The molecule has 41 heavy (non-hydrogen) atoms. The van der Waals surface area contributed by atoms with Crippen molar-refractivity contribution >= 4 is 40.7 Å². The van der Waals surface area contributed by atoms with Gasteiger partial charge in [0.15, 0.2) is 5.01 Å². The molecule has 5 fully saturated rings. The molecule has 3 saturated carbocycles. The Kier molecular flexibility index (Phi) is 6.44. The van der Waals surface area contributed by atoms with E-state index in [0.717, 1.165) is 44.1 Å². The standard InChI is InChI=1S/C30H33N5O5S/c36-24(27(39)32-18-6-7-18)21(12-17-8-11-31-25(17)37)33-26(38)23-20-13-19(14-30(20)9-10-30)35(23)29(40)28-34-22(15-41-28)16-4-2-1-3-5-16/h1-5,15,17-21,23H,6-14H2,(H,31,37)(H,32,39)(H,33,38). The number of likely N-dealkylation sites (tertiary alicyclic amines) is 1. The van der Waals surface area contributed by atoms with Crippen LogP contribution in [0.25, 0.3) is 11.3 Å². The van der Waals surface area contributed by atoms with Crippen LogP contribution in [-0.4, -0.2) is 70.0 Å². The zero-order chi connectivity index (χ0) is 28.3. The molecule has 3 heterocycles. The van der Waals surface area contributed by atoms with Gasteiger partial charge < -0.3 is 20.9 Å². The van der Waals surface area contributed by atoms with Crippen LogP contribution in [0.3, 0.4) is 0 Å². The molecule has 2 aliphatic heterocycles. The van der Waals surface area contributed by atoms with Gasteiger partial charge in [0.2, 0.25) is 17.6 Å². The fraction of sp³-hybridized carbons (Fsp3) is 0.533. The molecule has 5 atom stereocenters. The van der Waals surface area contributed by atoms with Crippen molar-refractivity contribution in [3.63, 3.8) is 0 Å². The SMILES string of the molecule is O=C(NC1CC1)C(=O)C(CC1CCNC1=O)NC(=O)C1C2CC(CC23CC3)N1C(=O)c1nc(-c2ccccc2)cs1. The Labute approximate surface area is 241 Å². The summed E-state index contributed by atoms with van der Waals surface area (Å²) in [5.41, 5.74) is 1.69. The van der Waals surface area contributed by atoms with Crippen LogP contribution in [0.1, 0.15) is 61.2 Å². The molecular formula is C30H33N5O5S. The number of thiazole rings is 1. The normalized spacial score (nSPS) is 27.9. The zero-order valence-electron chi connectivity index (χ0n) is 22.6. The molecule has 5 unspecified atom stereocenters. The van der Waals surface area contributed by atoms with E-state index in [2.05, 4.69) is 20.9 Å². The molecule has 1 aromatic carbocycles. The summed E-state index contributed by atoms with van der Waals surface area (Å²) in [5, 5.41) is 10.5. The molecule has 3 aliphatic carbocycles. The van der Waals surface area contributed by atoms with E-state index in [1.54, 1.807) is 4.90 Å². The number of amides is 4. The summed E-state index contributed by atoms with van der Waals surface area (Å²) in [4.78, 5) is 72.6. The molecule has 0 radical (unpaired) electrons. The summed E-state index contributed by atoms with van der Waals surface area (Å²) >= 11 is 1.27. The van der Waals surface area contributed by atoms with Gasteiger partial charge in [-0.05, 0) is 62.7 Å². The van der Waals surface area contributed by atoms with E-state index < -0.39 is 35.6 Å². The third-order valence-corrected chi connectivity index (χ3v) is 10.5. The van der Waals surface area contributed by atoms with Gasteiger partial charge in [-0.3, -0.25) is 24.0 Å². The highest BCUT2D eigenvalue weighted by molar-refractivity contribution is 7.12. The Morgan fingerprint density at radius 2 is 1.90 bits per heavy atom. The summed E-state index contributed by atoms with van der Waals surface area (Å²) in [7, 11) is 0. The van der Waals surface area contributed by atoms with Crippen LogP contribution in [0.2, 0.25) is 0 Å². The first kappa shape index (κ1) is 26.3. The predicted octanol–water partition coefficient (Wildman–Crippen LogP) is 2.05. The number of nitrogens with zero attached hydrogens (tertiary/aromatic N) is 2. The highest BCUT2D eigenvalue weighted by Crippen LogP contribution is 2.67. The van der Waals surface area contributed by atoms with Crippen molar-refractivity contribution in [2.24, 2.45) is 17.3 Å². The van der Waals surface area contributed by atoms with E-state index in [0.29, 0.717) is 23.7 Å². The molecule has 7 rings (SSSR count). The summed E-state index contributed by atoms with van der Waals surface area (Å²) in [6.07, 6.45) is 5.93. The number of hydrogen-bond acceptors (Lipinski definition) is 7. The van der Waals surface area contributed by atoms with Gasteiger partial charge in [0.1, 0.15) is 6.04 Å². The monoisotopic (exact) mass is 575 g/mol. The number of nitrogens with one attached hydrogen (secondary N) is 3. The molecule has 1 aromatic heterocycles. The minimum atomic E-state index is -1.13. The number of hydrogen-bond donors (Lipinski definition) is 3. The third-order valence-electron chi connectivity index (χ3n) is 9.63. The molecule has 2 aromatic rings. The van der Waals surface area contributed by atoms with E-state index in [4.69, 9.17) is 0 Å². The Morgan fingerprint density at radius 1 is 1.12 bits per heavy atom. The number of Topliss-reactive ketones (excluding diaryl/α,β-unsaturated/α-hetero) is 1. The summed E-state index contributed by atoms with van der Waals surface area (Å²) < 4.78 is 0. The zero-order valence-corrected chi connectivity index (χ0v) is 23.5. The first-order chi connectivity index (χ1) is 19.8. The fourth-order valence-electron chi connectivity index (χ4n) is 7.19. The lowest BCUT2D eigenvalue weighted by Gasteiger charge is -2.38. The van der Waals surface area contributed by atoms with E-state index in [1.165, 1.54) is 11.3 Å². The molecule has 4 amide bonds. The predicted molar refractivity (Wildman–Crippen MR) is 150 cm³/mol. The van der Waals surface area contributed by atoms with Crippen LogP contribution >= 0.6 is 11.3 Å². The minimum absolute atomic E-state index is 0.00386. The van der Waals surface area contributed by atoms with E-state index in [9.17, 15) is 24.0 Å². The molecular weight excluding hydrogens is 542 g/mol. The van der Waals surface area contributed by atoms with Gasteiger partial charge in [-0.25, -0.2) is 4.98 Å². The van der Waals surface area contributed by atoms with E-state index in [-0.39, 0.29) is 41.7 Å². The maximum atomic E-state index is 14.0. The molecule has 3 N–H and O–H groups in total. The van der Waals surface area contributed by atoms with Crippen LogP contribution in [0.4, 0.5) is 0 Å². The highest BCUT2D eigenvalue weighted by Gasteiger charge is 2.67. The van der Waals surface area contributed by atoms with Crippen LogP contribution < -0.4 is 16.0 Å². The Balaban J connectivity index is 1.14. The van der Waals surface area contributed by atoms with E-state index >= 15 is 0 Å². The van der Waals surface area contributed by atoms with Crippen LogP contribution in [0.5, 0.6) is 0 Å². The summed E-state index contributed by atoms with van der Waals surface area (Å²) in [6, 6.07) is 7.69. The molecule has 2 bridgehead atoms. The molecule has 11 heteroatoms. The molecule has 214 valence electrons. The van der Waals surface area contributed by atoms with Crippen molar-refractivity contribution in [2.75, 3.05) is 6.54 Å². The maximum Gasteiger partial charge on any atom is 0.289 e. The lowest BCUT2D eigenvalue weighted by atomic mass is 9.83. The van der Waals surface area contributed by atoms with Crippen LogP contribution in [0, 0.1) is 17.3 Å². The molecule has 5 aliphatic rings. The Morgan fingerprint density at radius 3 is 2.59 bits per heavy atom. The first-order valence-electron chi connectivity index (χ1n) is 14.6. The van der Waals surface area contributed by atoms with Gasteiger partial charge in [0.25, 0.3) is 11.8 Å². The summed E-state index contributed by atoms with van der Waals surface area (Å²) in [6.45, 7) is 0.503. The Bertz CT molecular complexity index is 1420. The largest absolute Gasteiger partial charge is 0.356 e. The molecule has 10 nitrogen and oxygen atoms in total. The number of carbonyl (C=O) groups excluding carboxylic acids is 5. The number of ketones is 1. The summed E-state index contributed by atoms with van der Waals surface area (Å²) in [5.74, 6) is -2.80. The number of fused-ring (bicyclic) bond motifs is 3. The number of benzene rings is 1. The van der Waals surface area contributed by atoms with Crippen molar-refractivity contribution in [3.8, 4) is 11.3 Å². The number of carbonyl (C=O) groups is 5. The smallest absolute Gasteiger partial charge is 0.289 e. The minimum Gasteiger partial charge on any atom is -0.356 e. The lowest BCUT2D eigenvalue weighted by molar-refractivity contribution is -0.141. The fourth-order valence-corrected chi connectivity index (χ4v) is 7.96. The lowest BCUT2D eigenvalue weighted by Crippen LogP contribution is -2.58. The first-order valence-corrected chi connectivity index (χ1v) is 15.5. The van der Waals surface area contributed by atoms with Crippen molar-refractivity contribution in [2.45, 2.75) is 75.5 Å². The topological polar surface area (TPSA) is 138 Å². The number of piperidine rings is 1.